The number of fused-ring (bicyclic) bond motifs is 1. The second kappa shape index (κ2) is 9.71. The monoisotopic (exact) mass is 508 g/mol. The number of nitrogens with zero attached hydrogens (tertiary/aromatic N) is 1. The summed E-state index contributed by atoms with van der Waals surface area (Å²) in [5.41, 5.74) is 14.7. The number of aromatic nitrogens is 1. The zero-order valence-electron chi connectivity index (χ0n) is 21.5. The van der Waals surface area contributed by atoms with Crippen LogP contribution in [0.15, 0.2) is 66.7 Å². The predicted octanol–water partition coefficient (Wildman–Crippen LogP) is 7.39. The molecule has 0 aliphatic rings. The lowest BCUT2D eigenvalue weighted by Crippen LogP contribution is -2.05. The summed E-state index contributed by atoms with van der Waals surface area (Å²) >= 11 is 1.34. The molecule has 0 aliphatic carbocycles. The van der Waals surface area contributed by atoms with Crippen molar-refractivity contribution in [3.63, 3.8) is 0 Å². The number of benzene rings is 3. The Hall–Kier alpha value is -4.16. The molecule has 0 saturated heterocycles. The summed E-state index contributed by atoms with van der Waals surface area (Å²) in [6, 6.07) is 21.6. The highest BCUT2D eigenvalue weighted by Crippen LogP contribution is 2.42. The van der Waals surface area contributed by atoms with E-state index in [1.54, 1.807) is 14.2 Å². The van der Waals surface area contributed by atoms with Crippen molar-refractivity contribution in [2.45, 2.75) is 20.8 Å². The van der Waals surface area contributed by atoms with Gasteiger partial charge in [0.2, 0.25) is 5.78 Å². The summed E-state index contributed by atoms with van der Waals surface area (Å²) < 4.78 is 10.7. The van der Waals surface area contributed by atoms with Crippen LogP contribution in [0.3, 0.4) is 0 Å². The molecule has 0 aliphatic heterocycles. The van der Waals surface area contributed by atoms with Gasteiger partial charge >= 0.3 is 0 Å². The highest BCUT2D eigenvalue weighted by atomic mass is 32.1. The van der Waals surface area contributed by atoms with E-state index in [0.717, 1.165) is 60.8 Å². The van der Waals surface area contributed by atoms with Gasteiger partial charge in [-0.25, -0.2) is 4.98 Å². The second-order valence-corrected chi connectivity index (χ2v) is 10.1. The molecule has 0 bridgehead atoms. The molecular weight excluding hydrogens is 480 g/mol. The first-order valence-electron chi connectivity index (χ1n) is 11.9. The normalized spacial score (nSPS) is 11.1. The zero-order chi connectivity index (χ0) is 26.3. The minimum absolute atomic E-state index is 0.0761. The molecule has 2 aromatic heterocycles. The molecule has 2 heterocycles. The van der Waals surface area contributed by atoms with Gasteiger partial charge in [0.1, 0.15) is 21.2 Å². The average molecular weight is 509 g/mol. The van der Waals surface area contributed by atoms with Crippen molar-refractivity contribution in [2.75, 3.05) is 20.0 Å². The number of hydrogen-bond donors (Lipinski definition) is 1. The standard InChI is InChI=1S/C31H28N2O3S/c1-17-14-19(3)24(15-18(17)2)29(34)30-28(32)27-25(20-6-10-22(35-4)11-7-20)16-26(33-31(27)37-30)21-8-12-23(36-5)13-9-21/h6-16H,32H2,1-5H3. The van der Waals surface area contributed by atoms with Crippen LogP contribution in [-0.4, -0.2) is 25.0 Å². The quantitative estimate of drug-likeness (QED) is 0.242. The highest BCUT2D eigenvalue weighted by Gasteiger charge is 2.24. The Morgan fingerprint density at radius 1 is 0.784 bits per heavy atom. The number of methoxy groups -OCH3 is 2. The molecule has 186 valence electrons. The van der Waals surface area contributed by atoms with E-state index in [1.165, 1.54) is 11.3 Å². The molecule has 0 fully saturated rings. The highest BCUT2D eigenvalue weighted by molar-refractivity contribution is 7.21. The maximum Gasteiger partial charge on any atom is 0.205 e. The number of ether oxygens (including phenoxy) is 2. The molecule has 0 unspecified atom stereocenters. The van der Waals surface area contributed by atoms with E-state index in [-0.39, 0.29) is 5.78 Å². The zero-order valence-corrected chi connectivity index (χ0v) is 22.3. The van der Waals surface area contributed by atoms with Crippen molar-refractivity contribution in [3.05, 3.63) is 93.9 Å². The minimum atomic E-state index is -0.0761. The number of ketones is 1. The van der Waals surface area contributed by atoms with Gasteiger partial charge in [-0.05, 0) is 97.1 Å². The fraction of sp³-hybridized carbons (Fsp3) is 0.161. The molecule has 5 nitrogen and oxygen atoms in total. The summed E-state index contributed by atoms with van der Waals surface area (Å²) in [6.07, 6.45) is 0. The van der Waals surface area contributed by atoms with Gasteiger partial charge in [0.25, 0.3) is 0 Å². The Morgan fingerprint density at radius 3 is 1.95 bits per heavy atom. The maximum atomic E-state index is 13.8. The number of thiophene rings is 1. The first kappa shape index (κ1) is 24.5. The number of carbonyl (C=O) groups excluding carboxylic acids is 1. The molecular formula is C31H28N2O3S. The molecule has 37 heavy (non-hydrogen) atoms. The molecule has 0 atom stereocenters. The largest absolute Gasteiger partial charge is 0.497 e. The van der Waals surface area contributed by atoms with E-state index in [4.69, 9.17) is 20.2 Å². The van der Waals surface area contributed by atoms with Crippen molar-refractivity contribution in [3.8, 4) is 33.9 Å². The van der Waals surface area contributed by atoms with Crippen molar-refractivity contribution < 1.29 is 14.3 Å². The number of hydrogen-bond acceptors (Lipinski definition) is 6. The van der Waals surface area contributed by atoms with Gasteiger partial charge in [-0.2, -0.15) is 0 Å². The number of carbonyl (C=O) groups is 1. The predicted molar refractivity (Wildman–Crippen MR) is 152 cm³/mol. The lowest BCUT2D eigenvalue weighted by atomic mass is 9.96. The third-order valence-corrected chi connectivity index (χ3v) is 7.88. The Balaban J connectivity index is 1.73. The molecule has 5 aromatic rings. The third-order valence-electron chi connectivity index (χ3n) is 6.78. The Bertz CT molecular complexity index is 1630. The molecule has 0 spiro atoms. The summed E-state index contributed by atoms with van der Waals surface area (Å²) in [7, 11) is 3.29. The Kier molecular flexibility index (Phi) is 6.44. The fourth-order valence-corrected chi connectivity index (χ4v) is 5.60. The van der Waals surface area contributed by atoms with Crippen LogP contribution in [0.1, 0.15) is 31.9 Å². The number of aryl methyl sites for hydroxylation is 3. The Labute approximate surface area is 220 Å². The van der Waals surface area contributed by atoms with Crippen LogP contribution in [0.4, 0.5) is 5.69 Å². The van der Waals surface area contributed by atoms with E-state index in [0.29, 0.717) is 16.1 Å². The van der Waals surface area contributed by atoms with Gasteiger partial charge in [0.05, 0.1) is 25.6 Å². The number of anilines is 1. The lowest BCUT2D eigenvalue weighted by Gasteiger charge is -2.10. The summed E-state index contributed by atoms with van der Waals surface area (Å²) in [5.74, 6) is 1.47. The van der Waals surface area contributed by atoms with E-state index in [2.05, 4.69) is 13.0 Å². The van der Waals surface area contributed by atoms with Gasteiger partial charge in [0.15, 0.2) is 0 Å². The smallest absolute Gasteiger partial charge is 0.205 e. The molecule has 5 rings (SSSR count). The number of nitrogens with two attached hydrogens (primary N) is 1. The first-order chi connectivity index (χ1) is 17.8. The van der Waals surface area contributed by atoms with Crippen LogP contribution in [0.2, 0.25) is 0 Å². The second-order valence-electron chi connectivity index (χ2n) is 9.12. The minimum Gasteiger partial charge on any atom is -0.497 e. The molecule has 6 heteroatoms. The van der Waals surface area contributed by atoms with Crippen LogP contribution in [-0.2, 0) is 0 Å². The maximum absolute atomic E-state index is 13.8. The molecule has 0 amide bonds. The first-order valence-corrected chi connectivity index (χ1v) is 12.8. The lowest BCUT2D eigenvalue weighted by molar-refractivity contribution is 0.104. The van der Waals surface area contributed by atoms with Crippen LogP contribution in [0.5, 0.6) is 11.5 Å². The van der Waals surface area contributed by atoms with Gasteiger partial charge < -0.3 is 15.2 Å². The van der Waals surface area contributed by atoms with Gasteiger partial charge in [0, 0.05) is 16.5 Å². The van der Waals surface area contributed by atoms with E-state index in [1.807, 2.05) is 74.5 Å². The number of nitrogen functional groups attached to an aromatic ring is 1. The van der Waals surface area contributed by atoms with Crippen molar-refractivity contribution >= 4 is 33.0 Å². The van der Waals surface area contributed by atoms with Gasteiger partial charge in [-0.1, -0.05) is 18.2 Å². The summed E-state index contributed by atoms with van der Waals surface area (Å²) in [4.78, 5) is 19.9. The van der Waals surface area contributed by atoms with Crippen LogP contribution in [0.25, 0.3) is 32.6 Å². The number of pyridine rings is 1. The topological polar surface area (TPSA) is 74.4 Å². The van der Waals surface area contributed by atoms with Crippen molar-refractivity contribution in [2.24, 2.45) is 0 Å². The average Bonchev–Trinajstić information content (AvgIpc) is 3.26. The fourth-order valence-electron chi connectivity index (χ4n) is 4.53. The van der Waals surface area contributed by atoms with E-state index < -0.39 is 0 Å². The van der Waals surface area contributed by atoms with Crippen molar-refractivity contribution in [1.29, 1.82) is 0 Å². The van der Waals surface area contributed by atoms with E-state index >= 15 is 0 Å². The third kappa shape index (κ3) is 4.45. The summed E-state index contributed by atoms with van der Waals surface area (Å²) in [6.45, 7) is 6.03. The molecule has 0 radical (unpaired) electrons. The van der Waals surface area contributed by atoms with Gasteiger partial charge in [-0.3, -0.25) is 4.79 Å². The van der Waals surface area contributed by atoms with Crippen LogP contribution >= 0.6 is 11.3 Å². The van der Waals surface area contributed by atoms with Crippen LogP contribution < -0.4 is 15.2 Å². The molecule has 0 saturated carbocycles. The van der Waals surface area contributed by atoms with Crippen molar-refractivity contribution in [1.82, 2.24) is 4.98 Å². The van der Waals surface area contributed by atoms with Crippen LogP contribution in [0, 0.1) is 20.8 Å². The Morgan fingerprint density at radius 2 is 1.35 bits per heavy atom. The molecule has 2 N–H and O–H groups in total. The molecule has 3 aromatic carbocycles. The SMILES string of the molecule is COc1ccc(-c2cc(-c3ccc(OC)cc3)c3c(N)c(C(=O)c4cc(C)c(C)cc4C)sc3n2)cc1. The van der Waals surface area contributed by atoms with Gasteiger partial charge in [-0.15, -0.1) is 11.3 Å². The number of rotatable bonds is 6. The summed E-state index contributed by atoms with van der Waals surface area (Å²) in [5, 5.41) is 0.789. The van der Waals surface area contributed by atoms with E-state index in [9.17, 15) is 4.79 Å².